The SMILES string of the molecule is Cc1cn([C@H]2C[C@H](O)[C@@]3(CO)C4CI4[C@]23C)c(=O)[nH]c1=O. The summed E-state index contributed by atoms with van der Waals surface area (Å²) in [6, 6.07) is -0.105. The van der Waals surface area contributed by atoms with Crippen LogP contribution >= 0.6 is 19.8 Å². The maximum absolute atomic E-state index is 12.2. The summed E-state index contributed by atoms with van der Waals surface area (Å²) in [5.74, 6) is 0. The van der Waals surface area contributed by atoms with E-state index in [1.54, 1.807) is 17.7 Å². The molecule has 4 rings (SSSR count). The Morgan fingerprint density at radius 2 is 2.24 bits per heavy atom. The van der Waals surface area contributed by atoms with Crippen LogP contribution in [0.25, 0.3) is 0 Å². The third kappa shape index (κ3) is 1.36. The molecule has 1 aromatic heterocycles. The van der Waals surface area contributed by atoms with Gasteiger partial charge in [0.1, 0.15) is 0 Å². The van der Waals surface area contributed by atoms with Gasteiger partial charge < -0.3 is 0 Å². The molecule has 1 unspecified atom stereocenters. The molecule has 7 heteroatoms. The maximum atomic E-state index is 12.2. The molecule has 0 spiro atoms. The molecule has 5 atom stereocenters. The molecule has 3 heterocycles. The molecule has 21 heavy (non-hydrogen) atoms. The molecule has 2 saturated heterocycles. The molecule has 2 aliphatic heterocycles. The summed E-state index contributed by atoms with van der Waals surface area (Å²) >= 11 is -1.19. The number of hydrogen-bond donors (Lipinski definition) is 3. The van der Waals surface area contributed by atoms with E-state index in [4.69, 9.17) is 0 Å². The fourth-order valence-electron chi connectivity index (χ4n) is 4.60. The average molecular weight is 406 g/mol. The van der Waals surface area contributed by atoms with E-state index in [1.165, 1.54) is 4.43 Å². The van der Waals surface area contributed by atoms with Gasteiger partial charge in [-0.05, 0) is 0 Å². The minimum absolute atomic E-state index is 0.00308. The first-order valence-corrected chi connectivity index (χ1v) is 11.0. The first-order valence-electron chi connectivity index (χ1n) is 7.13. The summed E-state index contributed by atoms with van der Waals surface area (Å²) in [6.07, 6.45) is 1.55. The van der Waals surface area contributed by atoms with Crippen LogP contribution in [0, 0.1) is 12.3 Å². The molecule has 0 aromatic carbocycles. The van der Waals surface area contributed by atoms with Gasteiger partial charge in [0.25, 0.3) is 0 Å². The molecular weight excluding hydrogens is 387 g/mol. The molecule has 0 radical (unpaired) electrons. The van der Waals surface area contributed by atoms with Gasteiger partial charge in [-0.15, -0.1) is 0 Å². The fourth-order valence-corrected chi connectivity index (χ4v) is 15.4. The number of aromatic amines is 1. The van der Waals surface area contributed by atoms with Crippen LogP contribution in [0.2, 0.25) is 0 Å². The van der Waals surface area contributed by atoms with Crippen molar-refractivity contribution in [3.8, 4) is 0 Å². The minimum atomic E-state index is -1.19. The van der Waals surface area contributed by atoms with Crippen LogP contribution in [0.1, 0.15) is 24.9 Å². The molecule has 3 N–H and O–H groups in total. The van der Waals surface area contributed by atoms with Crippen LogP contribution in [-0.2, 0) is 0 Å². The Morgan fingerprint density at radius 3 is 2.90 bits per heavy atom. The summed E-state index contributed by atoms with van der Waals surface area (Å²) in [4.78, 5) is 26.1. The molecule has 3 aliphatic rings. The Morgan fingerprint density at radius 1 is 1.52 bits per heavy atom. The van der Waals surface area contributed by atoms with Crippen molar-refractivity contribution < 1.29 is 10.2 Å². The number of aliphatic hydroxyl groups excluding tert-OH is 2. The third-order valence-corrected chi connectivity index (χ3v) is 14.6. The number of nitrogens with one attached hydrogen (secondary N) is 1. The molecule has 6 nitrogen and oxygen atoms in total. The van der Waals surface area contributed by atoms with Crippen molar-refractivity contribution >= 4 is 19.8 Å². The summed E-state index contributed by atoms with van der Waals surface area (Å²) in [5.41, 5.74) is -0.667. The van der Waals surface area contributed by atoms with Crippen molar-refractivity contribution in [3.63, 3.8) is 0 Å². The van der Waals surface area contributed by atoms with Crippen LogP contribution in [-0.4, -0.2) is 44.2 Å². The molecular formula is C14H19IN2O4. The Balaban J connectivity index is 1.87. The van der Waals surface area contributed by atoms with E-state index in [9.17, 15) is 19.8 Å². The first-order chi connectivity index (χ1) is 9.87. The number of nitrogens with zero attached hydrogens (tertiary/aromatic N) is 1. The van der Waals surface area contributed by atoms with Gasteiger partial charge in [0.05, 0.1) is 0 Å². The number of H-pyrrole nitrogens is 1. The zero-order chi connectivity index (χ0) is 15.2. The van der Waals surface area contributed by atoms with E-state index in [2.05, 4.69) is 11.9 Å². The first kappa shape index (κ1) is 14.0. The Labute approximate surface area is 128 Å². The van der Waals surface area contributed by atoms with Gasteiger partial charge in [-0.2, -0.15) is 0 Å². The van der Waals surface area contributed by atoms with Gasteiger partial charge in [0, 0.05) is 0 Å². The molecule has 1 aromatic rings. The number of hydrogen-bond acceptors (Lipinski definition) is 4. The number of aliphatic hydroxyl groups is 2. The van der Waals surface area contributed by atoms with E-state index in [0.29, 0.717) is 15.9 Å². The predicted molar refractivity (Wildman–Crippen MR) is 86.3 cm³/mol. The van der Waals surface area contributed by atoms with E-state index in [1.807, 2.05) is 0 Å². The zero-order valence-electron chi connectivity index (χ0n) is 12.0. The number of halogens is 1. The molecule has 0 amide bonds. The summed E-state index contributed by atoms with van der Waals surface area (Å²) in [5, 5.41) is 20.5. The number of alkyl halides is 3. The second-order valence-electron chi connectivity index (χ2n) is 6.54. The van der Waals surface area contributed by atoms with E-state index >= 15 is 0 Å². The van der Waals surface area contributed by atoms with Crippen LogP contribution in [0.4, 0.5) is 0 Å². The Kier molecular flexibility index (Phi) is 2.65. The fraction of sp³-hybridized carbons (Fsp3) is 0.714. The second kappa shape index (κ2) is 3.99. The normalized spacial score (nSPS) is 45.0. The van der Waals surface area contributed by atoms with Crippen LogP contribution in [0.5, 0.6) is 0 Å². The van der Waals surface area contributed by atoms with E-state index in [0.717, 1.165) is 0 Å². The van der Waals surface area contributed by atoms with Crippen molar-refractivity contribution in [2.24, 2.45) is 5.41 Å². The third-order valence-electron chi connectivity index (χ3n) is 5.90. The topological polar surface area (TPSA) is 95.3 Å². The van der Waals surface area contributed by atoms with Crippen molar-refractivity contribution in [3.05, 3.63) is 32.6 Å². The monoisotopic (exact) mass is 406 g/mol. The predicted octanol–water partition coefficient (Wildman–Crippen LogP) is -0.210. The van der Waals surface area contributed by atoms with Crippen molar-refractivity contribution in [2.75, 3.05) is 11.0 Å². The summed E-state index contributed by atoms with van der Waals surface area (Å²) in [6.45, 7) is 3.82. The van der Waals surface area contributed by atoms with Gasteiger partial charge in [-0.3, -0.25) is 0 Å². The van der Waals surface area contributed by atoms with Gasteiger partial charge in [0.2, 0.25) is 0 Å². The Bertz CT molecular complexity index is 743. The average Bonchev–Trinajstić information content (AvgIpc) is 3.15. The van der Waals surface area contributed by atoms with E-state index in [-0.39, 0.29) is 21.6 Å². The van der Waals surface area contributed by atoms with Crippen LogP contribution in [0.15, 0.2) is 15.8 Å². The number of rotatable bonds is 2. The zero-order valence-corrected chi connectivity index (χ0v) is 14.1. The van der Waals surface area contributed by atoms with E-state index < -0.39 is 37.0 Å². The Hall–Kier alpha value is -0.670. The number of aromatic nitrogens is 2. The van der Waals surface area contributed by atoms with Gasteiger partial charge in [-0.1, -0.05) is 0 Å². The standard InChI is InChI=1S/C14H19IN2O4/c1-7-5-17(12(21)16-11(7)20)9-3-10(19)14(6-18)8-4-15(8)13(9,14)2/h5,8-10,18-19H,3-4,6H2,1-2H3,(H,16,20,21)/t8?,9-,10-,13+,14+/m0/s1. The molecule has 1 aliphatic carbocycles. The van der Waals surface area contributed by atoms with Gasteiger partial charge in [-0.25, -0.2) is 0 Å². The van der Waals surface area contributed by atoms with Crippen LogP contribution in [0.3, 0.4) is 0 Å². The van der Waals surface area contributed by atoms with Gasteiger partial charge in [0.15, 0.2) is 0 Å². The number of aryl methyl sites for hydroxylation is 1. The molecule has 0 bridgehead atoms. The number of fused-ring (bicyclic) bond motifs is 4. The van der Waals surface area contributed by atoms with Crippen molar-refractivity contribution in [2.45, 2.75) is 39.8 Å². The molecule has 1 saturated carbocycles. The summed E-state index contributed by atoms with van der Waals surface area (Å²) < 4.78 is 3.19. The quantitative estimate of drug-likeness (QED) is 0.468. The summed E-state index contributed by atoms with van der Waals surface area (Å²) in [7, 11) is 0. The second-order valence-corrected chi connectivity index (χ2v) is 13.4. The molecule has 116 valence electrons. The van der Waals surface area contributed by atoms with Crippen LogP contribution < -0.4 is 11.2 Å². The van der Waals surface area contributed by atoms with Gasteiger partial charge >= 0.3 is 128 Å². The van der Waals surface area contributed by atoms with Crippen molar-refractivity contribution in [1.82, 2.24) is 9.55 Å². The van der Waals surface area contributed by atoms with Crippen molar-refractivity contribution in [1.29, 1.82) is 0 Å². The molecule has 3 fully saturated rings.